The normalized spacial score (nSPS) is 10.5. The van der Waals surface area contributed by atoms with E-state index >= 15 is 0 Å². The molecule has 0 aliphatic rings. The number of aromatic nitrogens is 2. The fourth-order valence-electron chi connectivity index (χ4n) is 2.15. The zero-order valence-electron chi connectivity index (χ0n) is 13.8. The van der Waals surface area contributed by atoms with E-state index < -0.39 is 0 Å². The molecule has 2 aromatic heterocycles. The molecule has 0 saturated heterocycles. The Bertz CT molecular complexity index is 908. The van der Waals surface area contributed by atoms with Crippen LogP contribution in [0.4, 0.5) is 11.5 Å². The Balaban J connectivity index is 1.56. The summed E-state index contributed by atoms with van der Waals surface area (Å²) in [5, 5.41) is 5.41. The third-order valence-electron chi connectivity index (χ3n) is 3.44. The van der Waals surface area contributed by atoms with Crippen LogP contribution in [0.15, 0.2) is 79.3 Å². The van der Waals surface area contributed by atoms with Crippen molar-refractivity contribution in [3.05, 3.63) is 90.4 Å². The second-order valence-corrected chi connectivity index (χ2v) is 5.36. The Morgan fingerprint density at radius 1 is 0.885 bits per heavy atom. The molecule has 0 unspecified atom stereocenters. The quantitative estimate of drug-likeness (QED) is 0.695. The van der Waals surface area contributed by atoms with E-state index in [2.05, 4.69) is 20.6 Å². The molecular weight excluding hydrogens is 328 g/mol. The van der Waals surface area contributed by atoms with E-state index in [-0.39, 0.29) is 11.8 Å². The highest BCUT2D eigenvalue weighted by Gasteiger charge is 2.06. The highest BCUT2D eigenvalue weighted by molar-refractivity contribution is 6.04. The van der Waals surface area contributed by atoms with Crippen molar-refractivity contribution in [2.24, 2.45) is 0 Å². The number of hydrogen-bond donors (Lipinski definition) is 2. The number of pyridine rings is 2. The number of benzene rings is 1. The Morgan fingerprint density at radius 2 is 1.65 bits per heavy atom. The summed E-state index contributed by atoms with van der Waals surface area (Å²) >= 11 is 0. The molecule has 0 radical (unpaired) electrons. The molecule has 0 aliphatic carbocycles. The molecule has 2 N–H and O–H groups in total. The molecule has 0 atom stereocenters. The predicted octanol–water partition coefficient (Wildman–Crippen LogP) is 3.38. The zero-order valence-corrected chi connectivity index (χ0v) is 13.8. The first-order valence-electron chi connectivity index (χ1n) is 7.92. The van der Waals surface area contributed by atoms with Crippen LogP contribution in [0.25, 0.3) is 6.08 Å². The maximum atomic E-state index is 12.1. The van der Waals surface area contributed by atoms with Crippen molar-refractivity contribution in [2.75, 3.05) is 10.6 Å². The molecule has 1 aromatic carbocycles. The van der Waals surface area contributed by atoms with E-state index in [1.54, 1.807) is 67.0 Å². The number of anilines is 2. The van der Waals surface area contributed by atoms with Gasteiger partial charge in [0.1, 0.15) is 5.82 Å². The van der Waals surface area contributed by atoms with Crippen LogP contribution >= 0.6 is 0 Å². The number of carbonyl (C=O) groups excluding carboxylic acids is 2. The summed E-state index contributed by atoms with van der Waals surface area (Å²) in [6.45, 7) is 0. The topological polar surface area (TPSA) is 84.0 Å². The van der Waals surface area contributed by atoms with Crippen molar-refractivity contribution in [1.82, 2.24) is 9.97 Å². The van der Waals surface area contributed by atoms with E-state index in [0.29, 0.717) is 17.1 Å². The van der Waals surface area contributed by atoms with Gasteiger partial charge in [0.05, 0.1) is 11.9 Å². The maximum Gasteiger partial charge on any atom is 0.256 e. The Hall–Kier alpha value is -3.80. The lowest BCUT2D eigenvalue weighted by molar-refractivity contribution is -0.111. The number of rotatable bonds is 5. The van der Waals surface area contributed by atoms with Gasteiger partial charge in [-0.15, -0.1) is 0 Å². The van der Waals surface area contributed by atoms with E-state index in [0.717, 1.165) is 5.56 Å². The minimum atomic E-state index is -0.273. The van der Waals surface area contributed by atoms with Gasteiger partial charge in [0.25, 0.3) is 5.91 Å². The smallest absolute Gasteiger partial charge is 0.256 e. The third kappa shape index (κ3) is 4.85. The minimum absolute atomic E-state index is 0.241. The van der Waals surface area contributed by atoms with Gasteiger partial charge in [-0.3, -0.25) is 14.6 Å². The second-order valence-electron chi connectivity index (χ2n) is 5.36. The Kier molecular flexibility index (Phi) is 5.47. The standard InChI is InChI=1S/C20H16N4O2/c25-19(9-6-15-10-12-21-13-11-15)23-17-7-8-18(22-14-17)24-20(26)16-4-2-1-3-5-16/h1-14H,(H,23,25)(H,22,24,26)/b9-6+. The SMILES string of the molecule is O=C(/C=C/c1ccncc1)Nc1ccc(NC(=O)c2ccccc2)nc1. The lowest BCUT2D eigenvalue weighted by Crippen LogP contribution is -2.13. The summed E-state index contributed by atoms with van der Waals surface area (Å²) in [4.78, 5) is 32.0. The fraction of sp³-hybridized carbons (Fsp3) is 0. The summed E-state index contributed by atoms with van der Waals surface area (Å²) in [5.41, 5.74) is 1.97. The van der Waals surface area contributed by atoms with Crippen molar-refractivity contribution in [2.45, 2.75) is 0 Å². The van der Waals surface area contributed by atoms with Gasteiger partial charge in [0, 0.05) is 24.0 Å². The summed E-state index contributed by atoms with van der Waals surface area (Å²) < 4.78 is 0. The Labute approximate surface area is 150 Å². The van der Waals surface area contributed by atoms with E-state index in [1.165, 1.54) is 12.3 Å². The molecule has 3 aromatic rings. The van der Waals surface area contributed by atoms with Gasteiger partial charge in [0.2, 0.25) is 5.91 Å². The molecule has 0 bridgehead atoms. The lowest BCUT2D eigenvalue weighted by Gasteiger charge is -2.06. The molecule has 2 heterocycles. The number of nitrogens with zero attached hydrogens (tertiary/aromatic N) is 2. The average Bonchev–Trinajstić information content (AvgIpc) is 2.69. The van der Waals surface area contributed by atoms with Gasteiger partial charge in [-0.05, 0) is 48.0 Å². The fourth-order valence-corrected chi connectivity index (χ4v) is 2.15. The van der Waals surface area contributed by atoms with Gasteiger partial charge in [0.15, 0.2) is 0 Å². The van der Waals surface area contributed by atoms with Gasteiger partial charge < -0.3 is 10.6 Å². The van der Waals surface area contributed by atoms with Crippen molar-refractivity contribution < 1.29 is 9.59 Å². The monoisotopic (exact) mass is 344 g/mol. The van der Waals surface area contributed by atoms with Crippen LogP contribution in [0.3, 0.4) is 0 Å². The van der Waals surface area contributed by atoms with Crippen LogP contribution in [0, 0.1) is 0 Å². The Morgan fingerprint density at radius 3 is 2.35 bits per heavy atom. The van der Waals surface area contributed by atoms with Gasteiger partial charge in [-0.2, -0.15) is 0 Å². The molecular formula is C20H16N4O2. The molecule has 0 aliphatic heterocycles. The van der Waals surface area contributed by atoms with E-state index in [1.807, 2.05) is 6.07 Å². The number of hydrogen-bond acceptors (Lipinski definition) is 4. The molecule has 6 nitrogen and oxygen atoms in total. The van der Waals surface area contributed by atoms with Crippen LogP contribution in [-0.2, 0) is 4.79 Å². The number of carbonyl (C=O) groups is 2. The largest absolute Gasteiger partial charge is 0.321 e. The lowest BCUT2D eigenvalue weighted by atomic mass is 10.2. The summed E-state index contributed by atoms with van der Waals surface area (Å²) in [7, 11) is 0. The summed E-state index contributed by atoms with van der Waals surface area (Å²) in [5.74, 6) is -0.107. The predicted molar refractivity (Wildman–Crippen MR) is 101 cm³/mol. The first-order valence-corrected chi connectivity index (χ1v) is 7.92. The second kappa shape index (κ2) is 8.34. The average molecular weight is 344 g/mol. The van der Waals surface area contributed by atoms with Crippen molar-refractivity contribution in [1.29, 1.82) is 0 Å². The van der Waals surface area contributed by atoms with Crippen molar-refractivity contribution >= 4 is 29.4 Å². The highest BCUT2D eigenvalue weighted by atomic mass is 16.2. The zero-order chi connectivity index (χ0) is 18.2. The third-order valence-corrected chi connectivity index (χ3v) is 3.44. The van der Waals surface area contributed by atoms with Crippen LogP contribution in [0.1, 0.15) is 15.9 Å². The first kappa shape index (κ1) is 17.0. The van der Waals surface area contributed by atoms with Crippen LogP contribution in [0.5, 0.6) is 0 Å². The van der Waals surface area contributed by atoms with Gasteiger partial charge >= 0.3 is 0 Å². The molecule has 0 fully saturated rings. The molecule has 3 rings (SSSR count). The van der Waals surface area contributed by atoms with Gasteiger partial charge in [-0.25, -0.2) is 4.98 Å². The molecule has 6 heteroatoms. The maximum absolute atomic E-state index is 12.1. The molecule has 0 saturated carbocycles. The molecule has 2 amide bonds. The number of amides is 2. The summed E-state index contributed by atoms with van der Waals surface area (Å²) in [6.07, 6.45) is 7.92. The molecule has 26 heavy (non-hydrogen) atoms. The first-order chi connectivity index (χ1) is 12.7. The van der Waals surface area contributed by atoms with E-state index in [4.69, 9.17) is 0 Å². The minimum Gasteiger partial charge on any atom is -0.321 e. The van der Waals surface area contributed by atoms with Crippen LogP contribution in [-0.4, -0.2) is 21.8 Å². The van der Waals surface area contributed by atoms with Crippen LogP contribution in [0.2, 0.25) is 0 Å². The molecule has 0 spiro atoms. The van der Waals surface area contributed by atoms with Crippen molar-refractivity contribution in [3.8, 4) is 0 Å². The number of nitrogens with one attached hydrogen (secondary N) is 2. The van der Waals surface area contributed by atoms with Crippen LogP contribution < -0.4 is 10.6 Å². The molecule has 128 valence electrons. The van der Waals surface area contributed by atoms with Gasteiger partial charge in [-0.1, -0.05) is 18.2 Å². The summed E-state index contributed by atoms with van der Waals surface area (Å²) in [6, 6.07) is 15.8. The van der Waals surface area contributed by atoms with Crippen molar-refractivity contribution in [3.63, 3.8) is 0 Å². The van der Waals surface area contributed by atoms with E-state index in [9.17, 15) is 9.59 Å². The highest BCUT2D eigenvalue weighted by Crippen LogP contribution is 2.11.